The van der Waals surface area contributed by atoms with Crippen LogP contribution in [-0.4, -0.2) is 33.3 Å². The lowest BCUT2D eigenvalue weighted by Gasteiger charge is -2.15. The first-order chi connectivity index (χ1) is 13.1. The van der Waals surface area contributed by atoms with Gasteiger partial charge in [-0.3, -0.25) is 4.79 Å². The van der Waals surface area contributed by atoms with E-state index < -0.39 is 0 Å². The number of anilines is 1. The molecule has 1 amide bonds. The molecule has 0 aliphatic rings. The van der Waals surface area contributed by atoms with Gasteiger partial charge in [0.1, 0.15) is 11.5 Å². The molecule has 0 unspecified atom stereocenters. The van der Waals surface area contributed by atoms with Gasteiger partial charge in [-0.25, -0.2) is 0 Å². The standard InChI is InChI=1S/C21H27NO5/c1-5-11-26-19-9-7-15(13-20(19)27-12-6-2)22-21(23)17-14-16(24-3)8-10-18(17)25-4/h7-10,13-14H,5-6,11-12H2,1-4H3,(H,22,23). The quantitative estimate of drug-likeness (QED) is 0.663. The minimum Gasteiger partial charge on any atom is -0.497 e. The van der Waals surface area contributed by atoms with Crippen LogP contribution in [-0.2, 0) is 0 Å². The van der Waals surface area contributed by atoms with Crippen LogP contribution in [0, 0.1) is 0 Å². The van der Waals surface area contributed by atoms with Gasteiger partial charge in [0, 0.05) is 11.8 Å². The molecule has 146 valence electrons. The maximum absolute atomic E-state index is 12.7. The molecular weight excluding hydrogens is 346 g/mol. The van der Waals surface area contributed by atoms with E-state index in [4.69, 9.17) is 18.9 Å². The summed E-state index contributed by atoms with van der Waals surface area (Å²) in [7, 11) is 3.07. The fourth-order valence-corrected chi connectivity index (χ4v) is 2.43. The van der Waals surface area contributed by atoms with Gasteiger partial charge in [0.2, 0.25) is 0 Å². The first kappa shape index (κ1) is 20.4. The molecule has 0 saturated heterocycles. The van der Waals surface area contributed by atoms with Crippen LogP contribution in [0.4, 0.5) is 5.69 Å². The van der Waals surface area contributed by atoms with E-state index in [0.29, 0.717) is 47.5 Å². The Morgan fingerprint density at radius 3 is 2.15 bits per heavy atom. The normalized spacial score (nSPS) is 10.2. The third kappa shape index (κ3) is 5.54. The van der Waals surface area contributed by atoms with Crippen molar-refractivity contribution in [3.8, 4) is 23.0 Å². The molecule has 1 N–H and O–H groups in total. The van der Waals surface area contributed by atoms with Gasteiger partial charge in [-0.1, -0.05) is 13.8 Å². The van der Waals surface area contributed by atoms with E-state index in [9.17, 15) is 4.79 Å². The summed E-state index contributed by atoms with van der Waals surface area (Å²) in [5, 5.41) is 2.87. The van der Waals surface area contributed by atoms with Crippen LogP contribution in [0.15, 0.2) is 36.4 Å². The van der Waals surface area contributed by atoms with E-state index in [1.165, 1.54) is 7.11 Å². The summed E-state index contributed by atoms with van der Waals surface area (Å²) < 4.78 is 22.0. The number of ether oxygens (including phenoxy) is 4. The number of hydrogen-bond acceptors (Lipinski definition) is 5. The number of hydrogen-bond donors (Lipinski definition) is 1. The van der Waals surface area contributed by atoms with E-state index in [1.807, 2.05) is 13.8 Å². The Labute approximate surface area is 160 Å². The highest BCUT2D eigenvalue weighted by molar-refractivity contribution is 6.06. The summed E-state index contributed by atoms with van der Waals surface area (Å²) >= 11 is 0. The fourth-order valence-electron chi connectivity index (χ4n) is 2.43. The number of rotatable bonds is 10. The van der Waals surface area contributed by atoms with Crippen LogP contribution >= 0.6 is 0 Å². The van der Waals surface area contributed by atoms with Gasteiger partial charge in [0.15, 0.2) is 11.5 Å². The molecule has 2 rings (SSSR count). The Morgan fingerprint density at radius 1 is 0.852 bits per heavy atom. The van der Waals surface area contributed by atoms with Gasteiger partial charge in [-0.2, -0.15) is 0 Å². The van der Waals surface area contributed by atoms with Crippen LogP contribution < -0.4 is 24.3 Å². The molecule has 0 aliphatic heterocycles. The third-order valence-corrected chi connectivity index (χ3v) is 3.78. The molecular formula is C21H27NO5. The summed E-state index contributed by atoms with van der Waals surface area (Å²) in [6, 6.07) is 10.4. The Hall–Kier alpha value is -2.89. The first-order valence-electron chi connectivity index (χ1n) is 9.05. The Kier molecular flexibility index (Phi) is 7.79. The number of carbonyl (C=O) groups excluding carboxylic acids is 1. The highest BCUT2D eigenvalue weighted by Crippen LogP contribution is 2.32. The lowest BCUT2D eigenvalue weighted by molar-refractivity contribution is 0.102. The number of methoxy groups -OCH3 is 2. The Balaban J connectivity index is 2.24. The van der Waals surface area contributed by atoms with Crippen LogP contribution in [0.5, 0.6) is 23.0 Å². The van der Waals surface area contributed by atoms with Gasteiger partial charge in [-0.05, 0) is 43.2 Å². The first-order valence-corrected chi connectivity index (χ1v) is 9.05. The second-order valence-corrected chi connectivity index (χ2v) is 5.88. The lowest BCUT2D eigenvalue weighted by atomic mass is 10.1. The Morgan fingerprint density at radius 2 is 1.52 bits per heavy atom. The number of nitrogens with one attached hydrogen (secondary N) is 1. The predicted molar refractivity (Wildman–Crippen MR) is 106 cm³/mol. The zero-order valence-electron chi connectivity index (χ0n) is 16.3. The van der Waals surface area contributed by atoms with Crippen molar-refractivity contribution in [3.63, 3.8) is 0 Å². The highest BCUT2D eigenvalue weighted by atomic mass is 16.5. The summed E-state index contributed by atoms with van der Waals surface area (Å²) in [4.78, 5) is 12.7. The molecule has 0 aliphatic carbocycles. The molecule has 0 heterocycles. The zero-order valence-corrected chi connectivity index (χ0v) is 16.3. The van der Waals surface area contributed by atoms with Crippen LogP contribution in [0.1, 0.15) is 37.0 Å². The number of benzene rings is 2. The van der Waals surface area contributed by atoms with Crippen molar-refractivity contribution in [3.05, 3.63) is 42.0 Å². The Bertz CT molecular complexity index is 760. The van der Waals surface area contributed by atoms with E-state index >= 15 is 0 Å². The van der Waals surface area contributed by atoms with E-state index in [2.05, 4.69) is 5.32 Å². The molecule has 6 nitrogen and oxygen atoms in total. The summed E-state index contributed by atoms with van der Waals surface area (Å²) in [6.07, 6.45) is 1.78. The predicted octanol–water partition coefficient (Wildman–Crippen LogP) is 4.53. The average Bonchev–Trinajstić information content (AvgIpc) is 2.70. The van der Waals surface area contributed by atoms with Crippen LogP contribution in [0.3, 0.4) is 0 Å². The van der Waals surface area contributed by atoms with Crippen molar-refractivity contribution in [1.82, 2.24) is 0 Å². The molecule has 0 spiro atoms. The van der Waals surface area contributed by atoms with Crippen molar-refractivity contribution in [1.29, 1.82) is 0 Å². The minimum absolute atomic E-state index is 0.297. The molecule has 2 aromatic carbocycles. The largest absolute Gasteiger partial charge is 0.497 e. The topological polar surface area (TPSA) is 66.0 Å². The van der Waals surface area contributed by atoms with Crippen molar-refractivity contribution in [2.75, 3.05) is 32.8 Å². The van der Waals surface area contributed by atoms with Crippen molar-refractivity contribution in [2.45, 2.75) is 26.7 Å². The van der Waals surface area contributed by atoms with Gasteiger partial charge in [0.25, 0.3) is 5.91 Å². The molecule has 0 aromatic heterocycles. The van der Waals surface area contributed by atoms with Crippen molar-refractivity contribution < 1.29 is 23.7 Å². The minimum atomic E-state index is -0.297. The van der Waals surface area contributed by atoms with Gasteiger partial charge < -0.3 is 24.3 Å². The molecule has 27 heavy (non-hydrogen) atoms. The summed E-state index contributed by atoms with van der Waals surface area (Å²) in [5.74, 6) is 2.03. The smallest absolute Gasteiger partial charge is 0.259 e. The molecule has 2 aromatic rings. The van der Waals surface area contributed by atoms with E-state index in [0.717, 1.165) is 12.8 Å². The maximum atomic E-state index is 12.7. The summed E-state index contributed by atoms with van der Waals surface area (Å²) in [5.41, 5.74) is 0.999. The average molecular weight is 373 g/mol. The molecule has 0 bridgehead atoms. The second-order valence-electron chi connectivity index (χ2n) is 5.88. The zero-order chi connectivity index (χ0) is 19.6. The monoisotopic (exact) mass is 373 g/mol. The fraction of sp³-hybridized carbons (Fsp3) is 0.381. The SMILES string of the molecule is CCCOc1ccc(NC(=O)c2cc(OC)ccc2OC)cc1OCCC. The number of carbonyl (C=O) groups is 1. The number of amides is 1. The molecule has 0 atom stereocenters. The highest BCUT2D eigenvalue weighted by Gasteiger charge is 2.15. The molecule has 0 radical (unpaired) electrons. The molecule has 0 saturated carbocycles. The van der Waals surface area contributed by atoms with Crippen molar-refractivity contribution in [2.24, 2.45) is 0 Å². The van der Waals surface area contributed by atoms with E-state index in [-0.39, 0.29) is 5.91 Å². The molecule has 6 heteroatoms. The van der Waals surface area contributed by atoms with Crippen LogP contribution in [0.2, 0.25) is 0 Å². The van der Waals surface area contributed by atoms with Crippen LogP contribution in [0.25, 0.3) is 0 Å². The lowest BCUT2D eigenvalue weighted by Crippen LogP contribution is -2.13. The van der Waals surface area contributed by atoms with Gasteiger partial charge in [0.05, 0.1) is 33.0 Å². The van der Waals surface area contributed by atoms with Gasteiger partial charge >= 0.3 is 0 Å². The second kappa shape index (κ2) is 10.3. The maximum Gasteiger partial charge on any atom is 0.259 e. The third-order valence-electron chi connectivity index (χ3n) is 3.78. The molecule has 0 fully saturated rings. The van der Waals surface area contributed by atoms with E-state index in [1.54, 1.807) is 43.5 Å². The van der Waals surface area contributed by atoms with Crippen molar-refractivity contribution >= 4 is 11.6 Å². The summed E-state index contributed by atoms with van der Waals surface area (Å²) in [6.45, 7) is 5.26. The van der Waals surface area contributed by atoms with Gasteiger partial charge in [-0.15, -0.1) is 0 Å².